The van der Waals surface area contributed by atoms with Gasteiger partial charge < -0.3 is 14.2 Å². The number of hydrogen-bond acceptors (Lipinski definition) is 4. The Morgan fingerprint density at radius 2 is 2.08 bits per heavy atom. The lowest BCUT2D eigenvalue weighted by atomic mass is 10.1. The van der Waals surface area contributed by atoms with E-state index in [1.807, 2.05) is 30.3 Å². The van der Waals surface area contributed by atoms with Crippen LogP contribution in [-0.2, 0) is 19.0 Å². The molecule has 0 aromatic heterocycles. The predicted octanol–water partition coefficient (Wildman–Crippen LogP) is 4.56. The minimum atomic E-state index is -0.360. The minimum absolute atomic E-state index is 0.164. The van der Waals surface area contributed by atoms with Crippen molar-refractivity contribution in [3.8, 4) is 0 Å². The molecule has 0 amide bonds. The zero-order chi connectivity index (χ0) is 17.2. The summed E-state index contributed by atoms with van der Waals surface area (Å²) in [5.41, 5.74) is 2.38. The molecule has 0 radical (unpaired) electrons. The number of allylic oxidation sites excluding steroid dienone is 2. The van der Waals surface area contributed by atoms with Gasteiger partial charge in [-0.1, -0.05) is 55.3 Å². The molecule has 132 valence electrons. The number of carbonyl (C=O) groups excluding carboxylic acids is 1. The highest BCUT2D eigenvalue weighted by atomic mass is 16.7. The van der Waals surface area contributed by atoms with Crippen molar-refractivity contribution in [2.75, 3.05) is 13.2 Å². The van der Waals surface area contributed by atoms with Crippen LogP contribution in [-0.4, -0.2) is 25.3 Å². The molecule has 0 bridgehead atoms. The van der Waals surface area contributed by atoms with Gasteiger partial charge in [-0.15, -0.1) is 0 Å². The summed E-state index contributed by atoms with van der Waals surface area (Å²) in [6.07, 6.45) is 6.17. The van der Waals surface area contributed by atoms with Crippen molar-refractivity contribution in [3.63, 3.8) is 0 Å². The van der Waals surface area contributed by atoms with Gasteiger partial charge in [0.1, 0.15) is 12.7 Å². The Morgan fingerprint density at radius 3 is 2.83 bits per heavy atom. The van der Waals surface area contributed by atoms with Gasteiger partial charge in [0.05, 0.1) is 6.61 Å². The van der Waals surface area contributed by atoms with Crippen molar-refractivity contribution >= 4 is 5.97 Å². The molecule has 24 heavy (non-hydrogen) atoms. The van der Waals surface area contributed by atoms with E-state index in [4.69, 9.17) is 14.2 Å². The Labute approximate surface area is 144 Å². The van der Waals surface area contributed by atoms with Crippen LogP contribution in [0.2, 0.25) is 0 Å². The van der Waals surface area contributed by atoms with Gasteiger partial charge in [0.25, 0.3) is 0 Å². The molecule has 0 spiro atoms. The molecule has 2 rings (SSSR count). The molecular weight excluding hydrogens is 304 g/mol. The van der Waals surface area contributed by atoms with E-state index in [0.29, 0.717) is 13.0 Å². The lowest BCUT2D eigenvalue weighted by molar-refractivity contribution is -0.148. The van der Waals surface area contributed by atoms with Gasteiger partial charge in [-0.25, -0.2) is 0 Å². The van der Waals surface area contributed by atoms with Crippen molar-refractivity contribution < 1.29 is 19.0 Å². The van der Waals surface area contributed by atoms with Crippen LogP contribution in [0.15, 0.2) is 42.0 Å². The summed E-state index contributed by atoms with van der Waals surface area (Å²) >= 11 is 0. The molecule has 2 unspecified atom stereocenters. The maximum atomic E-state index is 11.8. The zero-order valence-electron chi connectivity index (χ0n) is 14.7. The standard InChI is InChI=1S/C20H28O4/c1-3-9-16(2)10-7-8-13-19(21)22-14-18-15-23-20(24-18)17-11-5-4-6-12-17/h4-6,10-12,18,20H,3,7-9,13-15H2,1-2H3. The Kier molecular flexibility index (Phi) is 7.99. The first kappa shape index (κ1) is 18.7. The maximum absolute atomic E-state index is 11.8. The van der Waals surface area contributed by atoms with Crippen LogP contribution in [0.5, 0.6) is 0 Å². The summed E-state index contributed by atoms with van der Waals surface area (Å²) in [5.74, 6) is -0.164. The highest BCUT2D eigenvalue weighted by molar-refractivity contribution is 5.69. The number of hydrogen-bond donors (Lipinski definition) is 0. The molecule has 1 aromatic rings. The van der Waals surface area contributed by atoms with Crippen molar-refractivity contribution in [1.29, 1.82) is 0 Å². The Hall–Kier alpha value is -1.65. The molecule has 0 saturated carbocycles. The third-order valence-corrected chi connectivity index (χ3v) is 3.97. The number of rotatable bonds is 9. The van der Waals surface area contributed by atoms with Gasteiger partial charge in [-0.3, -0.25) is 4.79 Å². The van der Waals surface area contributed by atoms with Crippen molar-refractivity contribution in [2.24, 2.45) is 0 Å². The Balaban J connectivity index is 1.60. The smallest absolute Gasteiger partial charge is 0.305 e. The quantitative estimate of drug-likeness (QED) is 0.378. The summed E-state index contributed by atoms with van der Waals surface area (Å²) < 4.78 is 16.7. The fraction of sp³-hybridized carbons (Fsp3) is 0.550. The molecule has 2 atom stereocenters. The van der Waals surface area contributed by atoms with Crippen molar-refractivity contribution in [1.82, 2.24) is 0 Å². The normalized spacial score (nSPS) is 21.0. The largest absolute Gasteiger partial charge is 0.463 e. The summed E-state index contributed by atoms with van der Waals surface area (Å²) in [6.45, 7) is 5.02. The SMILES string of the molecule is CCCC(C)=CCCCC(=O)OCC1COC(c2ccccc2)O1. The number of benzene rings is 1. The number of esters is 1. The fourth-order valence-corrected chi connectivity index (χ4v) is 2.67. The number of ether oxygens (including phenoxy) is 3. The molecular formula is C20H28O4. The van der Waals surface area contributed by atoms with Crippen molar-refractivity contribution in [2.45, 2.75) is 58.3 Å². The molecule has 1 saturated heterocycles. The third kappa shape index (κ3) is 6.46. The van der Waals surface area contributed by atoms with Gasteiger partial charge in [0.2, 0.25) is 0 Å². The zero-order valence-corrected chi connectivity index (χ0v) is 14.7. The summed E-state index contributed by atoms with van der Waals surface area (Å²) in [6, 6.07) is 9.79. The van der Waals surface area contributed by atoms with E-state index in [1.54, 1.807) is 0 Å². The van der Waals surface area contributed by atoms with Gasteiger partial charge >= 0.3 is 5.97 Å². The lowest BCUT2D eigenvalue weighted by Gasteiger charge is -2.12. The molecule has 1 fully saturated rings. The van der Waals surface area contributed by atoms with Gasteiger partial charge in [-0.05, 0) is 26.2 Å². The van der Waals surface area contributed by atoms with Crippen molar-refractivity contribution in [3.05, 3.63) is 47.5 Å². The fourth-order valence-electron chi connectivity index (χ4n) is 2.67. The lowest BCUT2D eigenvalue weighted by Crippen LogP contribution is -2.20. The minimum Gasteiger partial charge on any atom is -0.463 e. The van der Waals surface area contributed by atoms with Crippen LogP contribution in [0.25, 0.3) is 0 Å². The van der Waals surface area contributed by atoms with E-state index in [1.165, 1.54) is 5.57 Å². The Bertz CT molecular complexity index is 524. The van der Waals surface area contributed by atoms with Crippen LogP contribution in [0, 0.1) is 0 Å². The second kappa shape index (κ2) is 10.3. The number of unbranched alkanes of at least 4 members (excludes halogenated alkanes) is 1. The first-order chi connectivity index (χ1) is 11.7. The van der Waals surface area contributed by atoms with E-state index in [0.717, 1.165) is 31.2 Å². The molecule has 4 heteroatoms. The molecule has 0 N–H and O–H groups in total. The molecule has 0 aliphatic carbocycles. The van der Waals surface area contributed by atoms with E-state index >= 15 is 0 Å². The highest BCUT2D eigenvalue weighted by Gasteiger charge is 2.28. The predicted molar refractivity (Wildman–Crippen MR) is 93.5 cm³/mol. The molecule has 1 aliphatic rings. The summed E-state index contributed by atoms with van der Waals surface area (Å²) in [4.78, 5) is 11.8. The van der Waals surface area contributed by atoms with Gasteiger partial charge in [0.15, 0.2) is 6.29 Å². The van der Waals surface area contributed by atoms with Crippen LogP contribution in [0.1, 0.15) is 57.8 Å². The maximum Gasteiger partial charge on any atom is 0.305 e. The highest BCUT2D eigenvalue weighted by Crippen LogP contribution is 2.26. The summed E-state index contributed by atoms with van der Waals surface area (Å²) in [5, 5.41) is 0. The molecule has 1 aliphatic heterocycles. The van der Waals surface area contributed by atoms with Gasteiger partial charge in [0, 0.05) is 12.0 Å². The van der Waals surface area contributed by atoms with Gasteiger partial charge in [-0.2, -0.15) is 0 Å². The van der Waals surface area contributed by atoms with E-state index in [-0.39, 0.29) is 25.0 Å². The first-order valence-electron chi connectivity index (χ1n) is 8.82. The van der Waals surface area contributed by atoms with Crippen LogP contribution in [0.4, 0.5) is 0 Å². The van der Waals surface area contributed by atoms with E-state index < -0.39 is 0 Å². The second-order valence-electron chi connectivity index (χ2n) is 6.21. The topological polar surface area (TPSA) is 44.8 Å². The third-order valence-electron chi connectivity index (χ3n) is 3.97. The van der Waals surface area contributed by atoms with E-state index in [9.17, 15) is 4.79 Å². The van der Waals surface area contributed by atoms with Crippen LogP contribution < -0.4 is 0 Å². The average Bonchev–Trinajstić information content (AvgIpc) is 3.07. The monoisotopic (exact) mass is 332 g/mol. The molecule has 4 nitrogen and oxygen atoms in total. The van der Waals surface area contributed by atoms with Crippen LogP contribution >= 0.6 is 0 Å². The molecule has 1 heterocycles. The van der Waals surface area contributed by atoms with E-state index in [2.05, 4.69) is 19.9 Å². The number of carbonyl (C=O) groups is 1. The second-order valence-corrected chi connectivity index (χ2v) is 6.21. The molecule has 1 aromatic carbocycles. The first-order valence-corrected chi connectivity index (χ1v) is 8.82. The summed E-state index contributed by atoms with van der Waals surface area (Å²) in [7, 11) is 0. The van der Waals surface area contributed by atoms with Crippen LogP contribution in [0.3, 0.4) is 0 Å². The Morgan fingerprint density at radius 1 is 1.29 bits per heavy atom. The average molecular weight is 332 g/mol.